The van der Waals surface area contributed by atoms with Crippen molar-refractivity contribution in [1.82, 2.24) is 0 Å². The van der Waals surface area contributed by atoms with Crippen LogP contribution in [0.2, 0.25) is 0 Å². The number of carbonyl (C=O) groups is 2. The zero-order valence-corrected chi connectivity index (χ0v) is 35.5. The van der Waals surface area contributed by atoms with Gasteiger partial charge in [0.25, 0.3) is 0 Å². The molecule has 0 aromatic heterocycles. The summed E-state index contributed by atoms with van der Waals surface area (Å²) in [6, 6.07) is 0. The van der Waals surface area contributed by atoms with E-state index in [4.69, 9.17) is 14.2 Å². The molecule has 5 heteroatoms. The summed E-state index contributed by atoms with van der Waals surface area (Å²) in [4.78, 5) is 25.0. The Bertz CT molecular complexity index is 988. The standard InChI is InChI=1S/C49H84O5/c1-4-7-10-13-15-17-19-21-22-23-24-25-26-27-29-31-33-35-38-41-44-52-45-47(54-49(51)43-40-36-12-9-6-3)46-53-48(50)42-39-37-34-32-30-28-20-18-16-14-11-8-5-2/h7,10,15,17,21-22,24-25,27,29,33,35,47H,4-6,8-9,11-14,16,18-20,23,26,28,30-32,34,36-46H2,1-3H3/b10-7-,17-15-,22-21-,25-24-,29-27-,35-33-. The van der Waals surface area contributed by atoms with Crippen molar-refractivity contribution >= 4 is 11.9 Å². The minimum Gasteiger partial charge on any atom is -0.462 e. The van der Waals surface area contributed by atoms with Gasteiger partial charge in [0, 0.05) is 19.4 Å². The Morgan fingerprint density at radius 2 is 0.815 bits per heavy atom. The molecule has 54 heavy (non-hydrogen) atoms. The Hall–Kier alpha value is -2.66. The van der Waals surface area contributed by atoms with Gasteiger partial charge in [0.1, 0.15) is 6.61 Å². The molecule has 0 saturated heterocycles. The molecule has 0 aliphatic carbocycles. The highest BCUT2D eigenvalue weighted by Crippen LogP contribution is 2.14. The number of unbranched alkanes of at least 4 members (excludes halogenated alkanes) is 17. The third-order valence-corrected chi connectivity index (χ3v) is 9.26. The molecule has 0 radical (unpaired) electrons. The molecule has 310 valence electrons. The first-order valence-electron chi connectivity index (χ1n) is 22.5. The summed E-state index contributed by atoms with van der Waals surface area (Å²) in [5.41, 5.74) is 0. The van der Waals surface area contributed by atoms with E-state index in [1.165, 1.54) is 83.5 Å². The number of allylic oxidation sites excluding steroid dienone is 12. The van der Waals surface area contributed by atoms with Crippen LogP contribution in [-0.2, 0) is 23.8 Å². The zero-order chi connectivity index (χ0) is 39.3. The minimum absolute atomic E-state index is 0.0615. The maximum atomic E-state index is 12.5. The van der Waals surface area contributed by atoms with E-state index < -0.39 is 6.10 Å². The average molecular weight is 753 g/mol. The van der Waals surface area contributed by atoms with Gasteiger partial charge in [-0.2, -0.15) is 0 Å². The summed E-state index contributed by atoms with van der Waals surface area (Å²) >= 11 is 0. The predicted molar refractivity (Wildman–Crippen MR) is 233 cm³/mol. The lowest BCUT2D eigenvalue weighted by molar-refractivity contribution is -0.163. The van der Waals surface area contributed by atoms with Gasteiger partial charge in [0.2, 0.25) is 0 Å². The molecule has 0 amide bonds. The molecule has 0 aromatic rings. The molecule has 0 aliphatic heterocycles. The SMILES string of the molecule is CC/C=C\C/C=C\C/C=C\C/C=C\C/C=C\C/C=C\CCCOCC(COC(=O)CCCCCCCCCCCCCCC)OC(=O)CCCCCCC. The topological polar surface area (TPSA) is 61.8 Å². The lowest BCUT2D eigenvalue weighted by atomic mass is 10.0. The van der Waals surface area contributed by atoms with Crippen molar-refractivity contribution in [2.75, 3.05) is 19.8 Å². The van der Waals surface area contributed by atoms with E-state index in [0.29, 0.717) is 19.4 Å². The van der Waals surface area contributed by atoms with E-state index in [1.807, 2.05) is 0 Å². The van der Waals surface area contributed by atoms with Crippen molar-refractivity contribution in [3.8, 4) is 0 Å². The molecule has 0 spiro atoms. The van der Waals surface area contributed by atoms with Gasteiger partial charge in [-0.15, -0.1) is 0 Å². The summed E-state index contributed by atoms with van der Waals surface area (Å²) in [5, 5.41) is 0. The van der Waals surface area contributed by atoms with Crippen LogP contribution in [0.3, 0.4) is 0 Å². The summed E-state index contributed by atoms with van der Waals surface area (Å²) in [6.07, 6.45) is 56.5. The van der Waals surface area contributed by atoms with Crippen LogP contribution in [0, 0.1) is 0 Å². The second kappa shape index (κ2) is 44.7. The van der Waals surface area contributed by atoms with Gasteiger partial charge in [-0.1, -0.05) is 196 Å². The zero-order valence-electron chi connectivity index (χ0n) is 35.5. The van der Waals surface area contributed by atoms with Crippen LogP contribution >= 0.6 is 0 Å². The number of rotatable bonds is 40. The van der Waals surface area contributed by atoms with E-state index in [-0.39, 0.29) is 25.2 Å². The molecule has 0 saturated carbocycles. The molecule has 5 nitrogen and oxygen atoms in total. The second-order valence-corrected chi connectivity index (χ2v) is 14.6. The first-order valence-corrected chi connectivity index (χ1v) is 22.5. The van der Waals surface area contributed by atoms with E-state index in [2.05, 4.69) is 93.7 Å². The smallest absolute Gasteiger partial charge is 0.306 e. The molecule has 1 unspecified atom stereocenters. The molecule has 0 bridgehead atoms. The van der Waals surface area contributed by atoms with Crippen LogP contribution in [-0.4, -0.2) is 37.9 Å². The summed E-state index contributed by atoms with van der Waals surface area (Å²) in [5.74, 6) is -0.443. The Morgan fingerprint density at radius 1 is 0.426 bits per heavy atom. The Morgan fingerprint density at radius 3 is 1.26 bits per heavy atom. The monoisotopic (exact) mass is 753 g/mol. The number of carbonyl (C=O) groups excluding carboxylic acids is 2. The van der Waals surface area contributed by atoms with Gasteiger partial charge in [-0.3, -0.25) is 9.59 Å². The lowest BCUT2D eigenvalue weighted by Crippen LogP contribution is -2.30. The van der Waals surface area contributed by atoms with Crippen molar-refractivity contribution in [3.63, 3.8) is 0 Å². The fourth-order valence-electron chi connectivity index (χ4n) is 5.94. The van der Waals surface area contributed by atoms with Gasteiger partial charge in [0.15, 0.2) is 6.10 Å². The van der Waals surface area contributed by atoms with E-state index in [9.17, 15) is 9.59 Å². The number of hydrogen-bond donors (Lipinski definition) is 0. The molecular weight excluding hydrogens is 669 g/mol. The second-order valence-electron chi connectivity index (χ2n) is 14.6. The number of esters is 2. The van der Waals surface area contributed by atoms with Crippen LogP contribution in [0.5, 0.6) is 0 Å². The average Bonchev–Trinajstić information content (AvgIpc) is 3.17. The van der Waals surface area contributed by atoms with Gasteiger partial charge in [0.05, 0.1) is 6.61 Å². The molecule has 0 aliphatic rings. The van der Waals surface area contributed by atoms with Crippen molar-refractivity contribution in [1.29, 1.82) is 0 Å². The number of ether oxygens (including phenoxy) is 3. The van der Waals surface area contributed by atoms with Gasteiger partial charge < -0.3 is 14.2 Å². The Balaban J connectivity index is 4.18. The van der Waals surface area contributed by atoms with Gasteiger partial charge in [-0.05, 0) is 64.2 Å². The van der Waals surface area contributed by atoms with Gasteiger partial charge >= 0.3 is 11.9 Å². The third-order valence-electron chi connectivity index (χ3n) is 9.26. The molecule has 0 heterocycles. The minimum atomic E-state index is -0.561. The highest BCUT2D eigenvalue weighted by atomic mass is 16.6. The van der Waals surface area contributed by atoms with E-state index >= 15 is 0 Å². The quantitative estimate of drug-likeness (QED) is 0.0354. The van der Waals surface area contributed by atoms with Crippen LogP contribution in [0.15, 0.2) is 72.9 Å². The Labute approximate surface area is 334 Å². The molecule has 0 fully saturated rings. The highest BCUT2D eigenvalue weighted by Gasteiger charge is 2.17. The maximum absolute atomic E-state index is 12.5. The van der Waals surface area contributed by atoms with Crippen molar-refractivity contribution in [2.45, 2.75) is 207 Å². The first kappa shape index (κ1) is 51.3. The normalized spacial score (nSPS) is 12.9. The number of hydrogen-bond acceptors (Lipinski definition) is 5. The summed E-state index contributed by atoms with van der Waals surface area (Å²) in [7, 11) is 0. The van der Waals surface area contributed by atoms with Crippen molar-refractivity contribution in [3.05, 3.63) is 72.9 Å². The fraction of sp³-hybridized carbons (Fsp3) is 0.714. The molecule has 1 atom stereocenters. The molecule has 0 rings (SSSR count). The van der Waals surface area contributed by atoms with Gasteiger partial charge in [-0.25, -0.2) is 0 Å². The largest absolute Gasteiger partial charge is 0.462 e. The molecule has 0 N–H and O–H groups in total. The van der Waals surface area contributed by atoms with E-state index in [1.54, 1.807) is 0 Å². The van der Waals surface area contributed by atoms with Crippen LogP contribution in [0.4, 0.5) is 0 Å². The summed E-state index contributed by atoms with van der Waals surface area (Å²) in [6.45, 7) is 7.49. The lowest BCUT2D eigenvalue weighted by Gasteiger charge is -2.18. The maximum Gasteiger partial charge on any atom is 0.306 e. The van der Waals surface area contributed by atoms with Crippen molar-refractivity contribution in [2.24, 2.45) is 0 Å². The molecular formula is C49H84O5. The Kier molecular flexibility index (Phi) is 42.5. The predicted octanol–water partition coefficient (Wildman–Crippen LogP) is 14.8. The first-order chi connectivity index (χ1) is 26.6. The highest BCUT2D eigenvalue weighted by molar-refractivity contribution is 5.70. The van der Waals surface area contributed by atoms with Crippen LogP contribution in [0.1, 0.15) is 201 Å². The van der Waals surface area contributed by atoms with Crippen molar-refractivity contribution < 1.29 is 23.8 Å². The molecule has 0 aromatic carbocycles. The van der Waals surface area contributed by atoms with Crippen LogP contribution < -0.4 is 0 Å². The van der Waals surface area contributed by atoms with Crippen LogP contribution in [0.25, 0.3) is 0 Å². The fourth-order valence-corrected chi connectivity index (χ4v) is 5.94. The third kappa shape index (κ3) is 42.1. The summed E-state index contributed by atoms with van der Waals surface area (Å²) < 4.78 is 17.1. The van der Waals surface area contributed by atoms with E-state index in [0.717, 1.165) is 83.5 Å².